The van der Waals surface area contributed by atoms with Crippen LogP contribution in [0.5, 0.6) is 0 Å². The SMILES string of the molecule is CCCOC(c1c(F)c(F)c(C(F)(F)F)c(F)c1C(F)(F)F)C(C(O)C(C)(C)C)C(F)(F)F. The zero-order valence-corrected chi connectivity index (χ0v) is 17.5. The third-order valence-electron chi connectivity index (χ3n) is 4.64. The van der Waals surface area contributed by atoms with Crippen molar-refractivity contribution in [2.75, 3.05) is 6.61 Å². The highest BCUT2D eigenvalue weighted by molar-refractivity contribution is 5.42. The van der Waals surface area contributed by atoms with Crippen molar-refractivity contribution in [2.24, 2.45) is 11.3 Å². The molecule has 0 aliphatic carbocycles. The summed E-state index contributed by atoms with van der Waals surface area (Å²) in [5, 5.41) is 10.2. The summed E-state index contributed by atoms with van der Waals surface area (Å²) in [7, 11) is 0. The van der Waals surface area contributed by atoms with Crippen LogP contribution in [-0.4, -0.2) is 24.0 Å². The van der Waals surface area contributed by atoms with Crippen LogP contribution in [0.15, 0.2) is 0 Å². The molecule has 0 aromatic heterocycles. The Balaban J connectivity index is 4.19. The number of hydrogen-bond donors (Lipinski definition) is 1. The summed E-state index contributed by atoms with van der Waals surface area (Å²) in [6.45, 7) is 3.55. The van der Waals surface area contributed by atoms with E-state index in [1.807, 2.05) is 0 Å². The van der Waals surface area contributed by atoms with Gasteiger partial charge in [0.1, 0.15) is 23.1 Å². The number of aliphatic hydroxyl groups is 1. The molecular weight excluding hydrogens is 488 g/mol. The number of alkyl halides is 9. The average Bonchev–Trinajstić information content (AvgIpc) is 2.57. The van der Waals surface area contributed by atoms with Crippen molar-refractivity contribution in [2.45, 2.75) is 64.9 Å². The van der Waals surface area contributed by atoms with Crippen molar-refractivity contribution in [1.29, 1.82) is 0 Å². The Morgan fingerprint density at radius 3 is 1.55 bits per heavy atom. The van der Waals surface area contributed by atoms with Gasteiger partial charge in [0.05, 0.1) is 6.10 Å². The van der Waals surface area contributed by atoms with Gasteiger partial charge in [0.2, 0.25) is 0 Å². The summed E-state index contributed by atoms with van der Waals surface area (Å²) in [5.41, 5.74) is -10.5. The largest absolute Gasteiger partial charge is 0.422 e. The Morgan fingerprint density at radius 2 is 1.21 bits per heavy atom. The molecule has 0 radical (unpaired) electrons. The van der Waals surface area contributed by atoms with E-state index in [9.17, 15) is 57.8 Å². The van der Waals surface area contributed by atoms with Crippen LogP contribution in [-0.2, 0) is 17.1 Å². The minimum atomic E-state index is -6.19. The van der Waals surface area contributed by atoms with Gasteiger partial charge in [0.25, 0.3) is 0 Å². The molecule has 0 spiro atoms. The van der Waals surface area contributed by atoms with E-state index < -0.39 is 82.8 Å². The van der Waals surface area contributed by atoms with Gasteiger partial charge in [0.15, 0.2) is 17.5 Å². The number of hydrogen-bond acceptors (Lipinski definition) is 2. The lowest BCUT2D eigenvalue weighted by molar-refractivity contribution is -0.249. The van der Waals surface area contributed by atoms with Crippen LogP contribution < -0.4 is 0 Å². The van der Waals surface area contributed by atoms with E-state index in [0.29, 0.717) is 0 Å². The first-order chi connectivity index (χ1) is 14.6. The van der Waals surface area contributed by atoms with Crippen molar-refractivity contribution in [3.05, 3.63) is 34.1 Å². The molecule has 14 heteroatoms. The molecule has 3 atom stereocenters. The van der Waals surface area contributed by atoms with Crippen molar-refractivity contribution >= 4 is 0 Å². The molecule has 0 heterocycles. The average molecular weight is 508 g/mol. The van der Waals surface area contributed by atoms with Crippen molar-refractivity contribution in [3.63, 3.8) is 0 Å². The van der Waals surface area contributed by atoms with Gasteiger partial charge in [-0.1, -0.05) is 27.7 Å². The molecule has 0 aliphatic heterocycles. The Hall–Kier alpha value is -1.70. The van der Waals surface area contributed by atoms with E-state index in [-0.39, 0.29) is 6.42 Å². The molecule has 0 saturated heterocycles. The van der Waals surface area contributed by atoms with E-state index in [2.05, 4.69) is 0 Å². The highest BCUT2D eigenvalue weighted by Crippen LogP contribution is 2.51. The number of ether oxygens (including phenoxy) is 1. The van der Waals surface area contributed by atoms with Crippen LogP contribution in [0.4, 0.5) is 52.7 Å². The predicted molar refractivity (Wildman–Crippen MR) is 90.3 cm³/mol. The van der Waals surface area contributed by atoms with Gasteiger partial charge in [-0.3, -0.25) is 0 Å². The summed E-state index contributed by atoms with van der Waals surface area (Å²) >= 11 is 0. The molecule has 0 saturated carbocycles. The summed E-state index contributed by atoms with van der Waals surface area (Å²) in [5.74, 6) is -12.9. The first-order valence-corrected chi connectivity index (χ1v) is 9.29. The molecule has 192 valence electrons. The summed E-state index contributed by atoms with van der Waals surface area (Å²) in [4.78, 5) is 0. The van der Waals surface area contributed by atoms with E-state index in [4.69, 9.17) is 4.74 Å². The van der Waals surface area contributed by atoms with Gasteiger partial charge < -0.3 is 9.84 Å². The maximum Gasteiger partial charge on any atom is 0.422 e. The fourth-order valence-electron chi connectivity index (χ4n) is 3.14. The standard InChI is InChI=1S/C19H20F12O2/c1-5-6-33-14(10(19(29,30)31)15(32)16(2,3)4)7-8(17(23,24)25)12(21)9(18(26,27)28)13(22)11(7)20/h10,14-15,32H,5-6H2,1-4H3. The van der Waals surface area contributed by atoms with Crippen LogP contribution in [0.1, 0.15) is 56.9 Å². The fourth-order valence-corrected chi connectivity index (χ4v) is 3.14. The molecule has 1 aromatic rings. The smallest absolute Gasteiger partial charge is 0.392 e. The van der Waals surface area contributed by atoms with Crippen LogP contribution in [0.2, 0.25) is 0 Å². The van der Waals surface area contributed by atoms with E-state index >= 15 is 0 Å². The van der Waals surface area contributed by atoms with Crippen molar-refractivity contribution < 1.29 is 62.5 Å². The highest BCUT2D eigenvalue weighted by atomic mass is 19.4. The fraction of sp³-hybridized carbons (Fsp3) is 0.684. The van der Waals surface area contributed by atoms with Crippen LogP contribution in [0, 0.1) is 28.8 Å². The number of rotatable bonds is 6. The third-order valence-corrected chi connectivity index (χ3v) is 4.64. The van der Waals surface area contributed by atoms with Crippen LogP contribution >= 0.6 is 0 Å². The molecule has 0 aliphatic rings. The molecule has 1 aromatic carbocycles. The Labute approximate surface area is 180 Å². The highest BCUT2D eigenvalue weighted by Gasteiger charge is 2.57. The summed E-state index contributed by atoms with van der Waals surface area (Å²) in [6, 6.07) is 0. The monoisotopic (exact) mass is 508 g/mol. The lowest BCUT2D eigenvalue weighted by atomic mass is 9.76. The number of halogens is 12. The van der Waals surface area contributed by atoms with E-state index in [0.717, 1.165) is 20.8 Å². The molecule has 0 amide bonds. The molecular formula is C19H20F12O2. The molecule has 1 N–H and O–H groups in total. The lowest BCUT2D eigenvalue weighted by Crippen LogP contribution is -2.46. The second-order valence-electron chi connectivity index (χ2n) is 8.27. The molecule has 0 fully saturated rings. The quantitative estimate of drug-likeness (QED) is 0.326. The zero-order valence-electron chi connectivity index (χ0n) is 17.5. The van der Waals surface area contributed by atoms with Crippen molar-refractivity contribution in [3.8, 4) is 0 Å². The topological polar surface area (TPSA) is 29.5 Å². The van der Waals surface area contributed by atoms with Gasteiger partial charge in [-0.25, -0.2) is 13.2 Å². The normalized spacial score (nSPS) is 16.6. The van der Waals surface area contributed by atoms with E-state index in [1.165, 1.54) is 6.92 Å². The van der Waals surface area contributed by atoms with Crippen LogP contribution in [0.25, 0.3) is 0 Å². The molecule has 3 unspecified atom stereocenters. The lowest BCUT2D eigenvalue weighted by Gasteiger charge is -2.39. The minimum absolute atomic E-state index is 0.179. The minimum Gasteiger partial charge on any atom is -0.392 e. The second kappa shape index (κ2) is 9.51. The summed E-state index contributed by atoms with van der Waals surface area (Å²) < 4.78 is 169. The van der Waals surface area contributed by atoms with Gasteiger partial charge >= 0.3 is 18.5 Å². The first kappa shape index (κ1) is 29.3. The maximum absolute atomic E-state index is 14.7. The molecule has 33 heavy (non-hydrogen) atoms. The Morgan fingerprint density at radius 1 is 0.758 bits per heavy atom. The van der Waals surface area contributed by atoms with Crippen LogP contribution in [0.3, 0.4) is 0 Å². The molecule has 2 nitrogen and oxygen atoms in total. The first-order valence-electron chi connectivity index (χ1n) is 9.29. The zero-order chi connectivity index (χ0) is 26.3. The Bertz CT molecular complexity index is 834. The molecule has 1 rings (SSSR count). The van der Waals surface area contributed by atoms with Gasteiger partial charge in [0, 0.05) is 12.2 Å². The van der Waals surface area contributed by atoms with E-state index in [1.54, 1.807) is 0 Å². The number of aliphatic hydroxyl groups excluding tert-OH is 1. The second-order valence-corrected chi connectivity index (χ2v) is 8.27. The predicted octanol–water partition coefficient (Wildman–Crippen LogP) is 7.19. The third kappa shape index (κ3) is 6.25. The van der Waals surface area contributed by atoms with Gasteiger partial charge in [-0.2, -0.15) is 39.5 Å². The van der Waals surface area contributed by atoms with Crippen molar-refractivity contribution in [1.82, 2.24) is 0 Å². The number of benzene rings is 1. The van der Waals surface area contributed by atoms with Gasteiger partial charge in [-0.05, 0) is 11.8 Å². The molecule has 0 bridgehead atoms. The Kier molecular flexibility index (Phi) is 8.45. The maximum atomic E-state index is 14.7. The van der Waals surface area contributed by atoms with Gasteiger partial charge in [-0.15, -0.1) is 0 Å². The summed E-state index contributed by atoms with van der Waals surface area (Å²) in [6.07, 6.45) is -24.0.